The van der Waals surface area contributed by atoms with Crippen LogP contribution in [0.1, 0.15) is 56.2 Å². The van der Waals surface area contributed by atoms with Gasteiger partial charge in [-0.1, -0.05) is 50.2 Å². The zero-order chi connectivity index (χ0) is 29.7. The van der Waals surface area contributed by atoms with E-state index in [0.29, 0.717) is 49.6 Å². The van der Waals surface area contributed by atoms with Crippen LogP contribution in [0.2, 0.25) is 0 Å². The zero-order valence-electron chi connectivity index (χ0n) is 24.1. The Morgan fingerprint density at radius 2 is 1.86 bits per heavy atom. The minimum atomic E-state index is -3.70. The highest BCUT2D eigenvalue weighted by atomic mass is 32.2. The Labute approximate surface area is 246 Å². The molecule has 42 heavy (non-hydrogen) atoms. The van der Waals surface area contributed by atoms with Gasteiger partial charge in [-0.3, -0.25) is 4.40 Å². The van der Waals surface area contributed by atoms with Gasteiger partial charge in [0.15, 0.2) is 11.5 Å². The van der Waals surface area contributed by atoms with E-state index in [4.69, 9.17) is 9.47 Å². The monoisotopic (exact) mass is 600 g/mol. The number of benzene rings is 1. The molecule has 13 heteroatoms. The van der Waals surface area contributed by atoms with Gasteiger partial charge in [0.2, 0.25) is 10.0 Å². The Kier molecular flexibility index (Phi) is 9.74. The maximum Gasteiger partial charge on any atom is 0.410 e. The third-order valence-electron chi connectivity index (χ3n) is 8.15. The number of pyridine rings is 1. The largest absolute Gasteiger partial charge is 0.443 e. The van der Waals surface area contributed by atoms with Gasteiger partial charge < -0.3 is 24.4 Å². The summed E-state index contributed by atoms with van der Waals surface area (Å²) in [5.41, 5.74) is 2.04. The Balaban J connectivity index is 1.36. The van der Waals surface area contributed by atoms with Crippen molar-refractivity contribution in [3.05, 3.63) is 65.6 Å². The molecule has 2 N–H and O–H groups in total. The summed E-state index contributed by atoms with van der Waals surface area (Å²) in [5.74, 6) is 0.351. The number of nitrogens with one attached hydrogen (secondary N) is 1. The van der Waals surface area contributed by atoms with E-state index in [0.717, 1.165) is 18.7 Å². The maximum absolute atomic E-state index is 13.6. The van der Waals surface area contributed by atoms with Gasteiger partial charge in [-0.2, -0.15) is 0 Å². The predicted octanol–water partition coefficient (Wildman–Crippen LogP) is 2.48. The van der Waals surface area contributed by atoms with E-state index in [1.54, 1.807) is 22.6 Å². The maximum atomic E-state index is 13.6. The van der Waals surface area contributed by atoms with Crippen LogP contribution in [0.3, 0.4) is 0 Å². The molecule has 12 nitrogen and oxygen atoms in total. The third-order valence-corrected chi connectivity index (χ3v) is 10.0. The molecule has 0 spiro atoms. The molecule has 5 rings (SSSR count). The van der Waals surface area contributed by atoms with E-state index in [2.05, 4.69) is 33.7 Å². The van der Waals surface area contributed by atoms with E-state index >= 15 is 0 Å². The van der Waals surface area contributed by atoms with Crippen molar-refractivity contribution < 1.29 is 27.8 Å². The Bertz CT molecular complexity index is 1440. The van der Waals surface area contributed by atoms with Crippen LogP contribution in [0.5, 0.6) is 0 Å². The zero-order valence-corrected chi connectivity index (χ0v) is 24.9. The van der Waals surface area contributed by atoms with Crippen molar-refractivity contribution in [2.24, 2.45) is 0 Å². The minimum Gasteiger partial charge on any atom is -0.443 e. The Morgan fingerprint density at radius 3 is 2.55 bits per heavy atom. The quantitative estimate of drug-likeness (QED) is 0.303. The number of rotatable bonds is 13. The van der Waals surface area contributed by atoms with Gasteiger partial charge in [-0.15, -0.1) is 10.2 Å². The summed E-state index contributed by atoms with van der Waals surface area (Å²) in [6.07, 6.45) is 0.590. The van der Waals surface area contributed by atoms with Crippen molar-refractivity contribution in [2.45, 2.75) is 69.8 Å². The molecule has 3 heterocycles. The van der Waals surface area contributed by atoms with Gasteiger partial charge in [0.25, 0.3) is 0 Å². The molecule has 1 aliphatic heterocycles. The van der Waals surface area contributed by atoms with Crippen molar-refractivity contribution in [2.75, 3.05) is 32.8 Å². The van der Waals surface area contributed by atoms with E-state index in [-0.39, 0.29) is 25.8 Å². The van der Waals surface area contributed by atoms with Crippen LogP contribution in [-0.2, 0) is 32.7 Å². The number of aliphatic hydroxyl groups is 1. The number of hydrogen-bond donors (Lipinski definition) is 2. The standard InChI is InChI=1S/C29H40N6O6S/c1-3-33(4-2)23-15-25(16-23)42(38,39)32-26(20-40-18-21-9-6-5-7-10-21)28-31-30-27-12-8-11-22(35(27)28)19-41-29(37)34-14-13-24(36)17-34/h5-12,23-26,32,36H,3-4,13-20H2,1-2H3. The Hall–Kier alpha value is -3.10. The lowest BCUT2D eigenvalue weighted by Gasteiger charge is -2.42. The number of likely N-dealkylation sites (tertiary alicyclic amines) is 1. The number of amides is 1. The highest BCUT2D eigenvalue weighted by Gasteiger charge is 2.42. The van der Waals surface area contributed by atoms with Gasteiger partial charge in [0.05, 0.1) is 30.3 Å². The van der Waals surface area contributed by atoms with Crippen molar-refractivity contribution in [1.82, 2.24) is 29.1 Å². The number of carbonyl (C=O) groups is 1. The van der Waals surface area contributed by atoms with Crippen LogP contribution >= 0.6 is 0 Å². The average molecular weight is 601 g/mol. The van der Waals surface area contributed by atoms with Crippen LogP contribution in [0.15, 0.2) is 48.5 Å². The molecule has 2 aliphatic rings. The number of aromatic nitrogens is 3. The summed E-state index contributed by atoms with van der Waals surface area (Å²) in [7, 11) is -3.70. The Morgan fingerprint density at radius 1 is 1.10 bits per heavy atom. The second-order valence-corrected chi connectivity index (χ2v) is 12.9. The number of fused-ring (bicyclic) bond motifs is 1. The molecular weight excluding hydrogens is 560 g/mol. The topological polar surface area (TPSA) is 139 Å². The lowest BCUT2D eigenvalue weighted by atomic mass is 9.91. The molecule has 0 bridgehead atoms. The predicted molar refractivity (Wildman–Crippen MR) is 156 cm³/mol. The highest BCUT2D eigenvalue weighted by molar-refractivity contribution is 7.90. The third kappa shape index (κ3) is 6.92. The smallest absolute Gasteiger partial charge is 0.410 e. The molecule has 1 aromatic carbocycles. The molecule has 1 saturated heterocycles. The van der Waals surface area contributed by atoms with Gasteiger partial charge in [0.1, 0.15) is 12.6 Å². The van der Waals surface area contributed by atoms with Gasteiger partial charge in [0, 0.05) is 19.1 Å². The van der Waals surface area contributed by atoms with Crippen LogP contribution in [0.25, 0.3) is 5.65 Å². The first-order chi connectivity index (χ1) is 20.3. The van der Waals surface area contributed by atoms with E-state index in [1.165, 1.54) is 4.90 Å². The molecule has 1 amide bonds. The fourth-order valence-electron chi connectivity index (χ4n) is 5.66. The van der Waals surface area contributed by atoms with Crippen LogP contribution in [-0.4, -0.2) is 94.2 Å². The van der Waals surface area contributed by atoms with Crippen molar-refractivity contribution in [3.8, 4) is 0 Å². The second-order valence-electron chi connectivity index (χ2n) is 10.9. The highest BCUT2D eigenvalue weighted by Crippen LogP contribution is 2.32. The van der Waals surface area contributed by atoms with Crippen molar-refractivity contribution >= 4 is 21.8 Å². The summed E-state index contributed by atoms with van der Waals surface area (Å²) >= 11 is 0. The molecule has 1 aliphatic carbocycles. The SMILES string of the molecule is CCN(CC)C1CC(S(=O)(=O)NC(COCc2ccccc2)c2nnc3cccc(COC(=O)N4CCC(O)C4)n23)C1. The number of nitrogens with zero attached hydrogens (tertiary/aromatic N) is 5. The van der Waals surface area contributed by atoms with E-state index in [1.807, 2.05) is 30.3 Å². The first kappa shape index (κ1) is 30.4. The van der Waals surface area contributed by atoms with Crippen molar-refractivity contribution in [1.29, 1.82) is 0 Å². The molecule has 2 unspecified atom stereocenters. The summed E-state index contributed by atoms with van der Waals surface area (Å²) < 4.78 is 43.3. The molecule has 3 aromatic rings. The fraction of sp³-hybridized carbons (Fsp3) is 0.552. The molecule has 228 valence electrons. The summed E-state index contributed by atoms with van der Waals surface area (Å²) in [4.78, 5) is 16.3. The molecule has 0 radical (unpaired) electrons. The number of aliphatic hydroxyl groups excluding tert-OH is 1. The number of sulfonamides is 1. The first-order valence-corrected chi connectivity index (χ1v) is 16.1. The van der Waals surface area contributed by atoms with Gasteiger partial charge in [-0.05, 0) is 50.0 Å². The van der Waals surface area contributed by atoms with Crippen LogP contribution < -0.4 is 4.72 Å². The molecule has 1 saturated carbocycles. The molecule has 2 atom stereocenters. The average Bonchev–Trinajstić information content (AvgIpc) is 3.60. The lowest BCUT2D eigenvalue weighted by Crippen LogP contribution is -2.53. The van der Waals surface area contributed by atoms with Gasteiger partial charge in [-0.25, -0.2) is 17.9 Å². The summed E-state index contributed by atoms with van der Waals surface area (Å²) in [6.45, 7) is 6.86. The number of carbonyl (C=O) groups excluding carboxylic acids is 1. The van der Waals surface area contributed by atoms with E-state index < -0.39 is 33.5 Å². The number of ether oxygens (including phenoxy) is 2. The van der Waals surface area contributed by atoms with Gasteiger partial charge >= 0.3 is 6.09 Å². The van der Waals surface area contributed by atoms with E-state index in [9.17, 15) is 18.3 Å². The second kappa shape index (κ2) is 13.5. The molecular formula is C29H40N6O6S. The first-order valence-electron chi connectivity index (χ1n) is 14.6. The number of β-amino-alcohol motifs (C(OH)–C–C–N with tert-alkyl or cyclic N) is 1. The minimum absolute atomic E-state index is 0.0287. The van der Waals surface area contributed by atoms with Crippen LogP contribution in [0.4, 0.5) is 4.79 Å². The normalized spacial score (nSPS) is 21.5. The number of hydrogen-bond acceptors (Lipinski definition) is 9. The molecule has 2 fully saturated rings. The van der Waals surface area contributed by atoms with Crippen LogP contribution in [0, 0.1) is 0 Å². The summed E-state index contributed by atoms with van der Waals surface area (Å²) in [5, 5.41) is 17.9. The molecule has 2 aromatic heterocycles. The lowest BCUT2D eigenvalue weighted by molar-refractivity contribution is 0.0946. The summed E-state index contributed by atoms with van der Waals surface area (Å²) in [6, 6.07) is 14.4. The fourth-order valence-corrected chi connectivity index (χ4v) is 7.37. The van der Waals surface area contributed by atoms with Crippen molar-refractivity contribution in [3.63, 3.8) is 0 Å².